The van der Waals surface area contributed by atoms with Gasteiger partial charge in [0.1, 0.15) is 5.75 Å². The van der Waals surface area contributed by atoms with Gasteiger partial charge in [0.2, 0.25) is 5.88 Å². The Morgan fingerprint density at radius 2 is 2.00 bits per heavy atom. The molecule has 0 saturated carbocycles. The molecule has 4 aromatic rings. The van der Waals surface area contributed by atoms with E-state index >= 15 is 0 Å². The van der Waals surface area contributed by atoms with Gasteiger partial charge in [-0.1, -0.05) is 6.92 Å². The van der Waals surface area contributed by atoms with Crippen molar-refractivity contribution in [3.05, 3.63) is 54.6 Å². The summed E-state index contributed by atoms with van der Waals surface area (Å²) >= 11 is 0. The average Bonchev–Trinajstić information content (AvgIpc) is 3.42. The predicted octanol–water partition coefficient (Wildman–Crippen LogP) is 4.01. The number of ether oxygens (including phenoxy) is 2. The number of nitrogens with one attached hydrogen (secondary N) is 1. The molecule has 0 radical (unpaired) electrons. The molecule has 5 heterocycles. The SMILES string of the molecule is CCN1CCN(c2ccc(Nc3nc(-c4cnc5c(c4)CCCO5)cn4ccnc34)cc2OC)CC1. The Morgan fingerprint density at radius 3 is 2.83 bits per heavy atom. The first-order valence-electron chi connectivity index (χ1n) is 12.6. The van der Waals surface area contributed by atoms with Gasteiger partial charge in [-0.2, -0.15) is 0 Å². The molecule has 1 aromatic carbocycles. The van der Waals surface area contributed by atoms with Crippen molar-refractivity contribution in [2.24, 2.45) is 0 Å². The number of hydrogen-bond donors (Lipinski definition) is 1. The molecule has 0 spiro atoms. The van der Waals surface area contributed by atoms with Crippen LogP contribution < -0.4 is 19.7 Å². The second-order valence-corrected chi connectivity index (χ2v) is 9.21. The third-order valence-electron chi connectivity index (χ3n) is 7.03. The summed E-state index contributed by atoms with van der Waals surface area (Å²) in [4.78, 5) is 18.9. The summed E-state index contributed by atoms with van der Waals surface area (Å²) in [7, 11) is 1.73. The Balaban J connectivity index is 1.30. The summed E-state index contributed by atoms with van der Waals surface area (Å²) in [5, 5.41) is 3.48. The number of anilines is 3. The van der Waals surface area contributed by atoms with Crippen LogP contribution >= 0.6 is 0 Å². The molecule has 6 rings (SSSR count). The number of imidazole rings is 1. The summed E-state index contributed by atoms with van der Waals surface area (Å²) in [6.45, 7) is 8.16. The highest BCUT2D eigenvalue weighted by atomic mass is 16.5. The second kappa shape index (κ2) is 9.66. The number of nitrogens with zero attached hydrogens (tertiary/aromatic N) is 6. The van der Waals surface area contributed by atoms with Gasteiger partial charge in [-0.15, -0.1) is 0 Å². The van der Waals surface area contributed by atoms with Gasteiger partial charge in [-0.05, 0) is 37.6 Å². The fraction of sp³-hybridized carbons (Fsp3) is 0.370. The van der Waals surface area contributed by atoms with Crippen molar-refractivity contribution in [3.8, 4) is 22.9 Å². The van der Waals surface area contributed by atoms with E-state index in [4.69, 9.17) is 14.5 Å². The molecular weight excluding hydrogens is 454 g/mol. The smallest absolute Gasteiger partial charge is 0.216 e. The van der Waals surface area contributed by atoms with Gasteiger partial charge in [0.25, 0.3) is 0 Å². The first-order valence-corrected chi connectivity index (χ1v) is 12.6. The van der Waals surface area contributed by atoms with E-state index in [2.05, 4.69) is 50.2 Å². The van der Waals surface area contributed by atoms with Crippen LogP contribution in [0.4, 0.5) is 17.2 Å². The highest BCUT2D eigenvalue weighted by Crippen LogP contribution is 2.34. The Bertz CT molecular complexity index is 1380. The van der Waals surface area contributed by atoms with E-state index in [9.17, 15) is 0 Å². The van der Waals surface area contributed by atoms with E-state index < -0.39 is 0 Å². The van der Waals surface area contributed by atoms with Crippen LogP contribution in [0.3, 0.4) is 0 Å². The van der Waals surface area contributed by atoms with Crippen LogP contribution in [0.5, 0.6) is 11.6 Å². The van der Waals surface area contributed by atoms with Crippen LogP contribution in [0.2, 0.25) is 0 Å². The number of methoxy groups -OCH3 is 1. The van der Waals surface area contributed by atoms with E-state index in [0.29, 0.717) is 5.82 Å². The molecule has 3 aromatic heterocycles. The van der Waals surface area contributed by atoms with E-state index in [-0.39, 0.29) is 0 Å². The van der Waals surface area contributed by atoms with Crippen molar-refractivity contribution in [2.75, 3.05) is 56.7 Å². The molecule has 2 aliphatic rings. The normalized spacial score (nSPS) is 16.0. The fourth-order valence-electron chi connectivity index (χ4n) is 4.99. The summed E-state index contributed by atoms with van der Waals surface area (Å²) in [6.07, 6.45) is 9.50. The molecule has 9 heteroatoms. The second-order valence-electron chi connectivity index (χ2n) is 9.21. The van der Waals surface area contributed by atoms with Gasteiger partial charge >= 0.3 is 0 Å². The average molecular weight is 486 g/mol. The third-order valence-corrected chi connectivity index (χ3v) is 7.03. The maximum Gasteiger partial charge on any atom is 0.216 e. The molecular formula is C27H31N7O2. The van der Waals surface area contributed by atoms with Crippen LogP contribution in [0.25, 0.3) is 16.9 Å². The molecule has 0 aliphatic carbocycles. The van der Waals surface area contributed by atoms with Crippen molar-refractivity contribution in [3.63, 3.8) is 0 Å². The van der Waals surface area contributed by atoms with Gasteiger partial charge in [0.15, 0.2) is 11.5 Å². The molecule has 0 atom stereocenters. The largest absolute Gasteiger partial charge is 0.495 e. The van der Waals surface area contributed by atoms with E-state index in [1.807, 2.05) is 29.1 Å². The molecule has 1 fully saturated rings. The zero-order valence-corrected chi connectivity index (χ0v) is 20.8. The number of hydrogen-bond acceptors (Lipinski definition) is 8. The predicted molar refractivity (Wildman–Crippen MR) is 141 cm³/mol. The van der Waals surface area contributed by atoms with Gasteiger partial charge in [0.05, 0.1) is 25.1 Å². The number of aryl methyl sites for hydroxylation is 1. The number of piperazine rings is 1. The molecule has 0 bridgehead atoms. The quantitative estimate of drug-likeness (QED) is 0.439. The highest BCUT2D eigenvalue weighted by Gasteiger charge is 2.20. The monoisotopic (exact) mass is 485 g/mol. The van der Waals surface area contributed by atoms with Crippen molar-refractivity contribution in [1.29, 1.82) is 0 Å². The molecule has 0 amide bonds. The zero-order chi connectivity index (χ0) is 24.5. The Hall–Kier alpha value is -3.85. The summed E-state index contributed by atoms with van der Waals surface area (Å²) < 4.78 is 13.5. The van der Waals surface area contributed by atoms with Gasteiger partial charge in [-0.3, -0.25) is 0 Å². The van der Waals surface area contributed by atoms with Crippen LogP contribution in [-0.2, 0) is 6.42 Å². The minimum absolute atomic E-state index is 0.679. The minimum atomic E-state index is 0.679. The number of pyridine rings is 1. The van der Waals surface area contributed by atoms with Crippen molar-refractivity contribution in [1.82, 2.24) is 24.3 Å². The molecule has 1 N–H and O–H groups in total. The molecule has 0 unspecified atom stereocenters. The topological polar surface area (TPSA) is 80.0 Å². The Morgan fingerprint density at radius 1 is 1.11 bits per heavy atom. The molecule has 9 nitrogen and oxygen atoms in total. The van der Waals surface area contributed by atoms with Gasteiger partial charge in [-0.25, -0.2) is 15.0 Å². The fourth-order valence-corrected chi connectivity index (χ4v) is 4.99. The van der Waals surface area contributed by atoms with E-state index in [1.165, 1.54) is 0 Å². The first kappa shape index (κ1) is 22.6. The number of rotatable bonds is 6. The van der Waals surface area contributed by atoms with Crippen LogP contribution in [-0.4, -0.2) is 70.7 Å². The number of benzene rings is 1. The lowest BCUT2D eigenvalue weighted by molar-refractivity contribution is 0.270. The van der Waals surface area contributed by atoms with Crippen LogP contribution in [0, 0.1) is 0 Å². The van der Waals surface area contributed by atoms with Crippen molar-refractivity contribution < 1.29 is 9.47 Å². The molecule has 1 saturated heterocycles. The maximum atomic E-state index is 5.79. The van der Waals surface area contributed by atoms with Crippen molar-refractivity contribution >= 4 is 22.8 Å². The Kier molecular flexibility index (Phi) is 6.06. The highest BCUT2D eigenvalue weighted by molar-refractivity contribution is 5.76. The Labute approximate surface area is 210 Å². The number of aromatic nitrogens is 4. The van der Waals surface area contributed by atoms with Crippen molar-refractivity contribution in [2.45, 2.75) is 19.8 Å². The maximum absolute atomic E-state index is 5.79. The summed E-state index contributed by atoms with van der Waals surface area (Å²) in [5.41, 5.74) is 5.68. The minimum Gasteiger partial charge on any atom is -0.495 e. The first-order chi connectivity index (χ1) is 17.7. The lowest BCUT2D eigenvalue weighted by Gasteiger charge is -2.36. The summed E-state index contributed by atoms with van der Waals surface area (Å²) in [5.74, 6) is 2.26. The lowest BCUT2D eigenvalue weighted by atomic mass is 10.1. The zero-order valence-electron chi connectivity index (χ0n) is 20.8. The summed E-state index contributed by atoms with van der Waals surface area (Å²) in [6, 6.07) is 8.37. The third kappa shape index (κ3) is 4.30. The van der Waals surface area contributed by atoms with Crippen LogP contribution in [0.1, 0.15) is 18.9 Å². The van der Waals surface area contributed by atoms with E-state index in [1.54, 1.807) is 13.3 Å². The van der Waals surface area contributed by atoms with E-state index in [0.717, 1.165) is 97.6 Å². The molecule has 2 aliphatic heterocycles. The standard InChI is InChI=1S/C27H31N7O2/c1-3-32-10-12-33(13-11-32)23-7-6-21(16-24(23)35-2)30-25-26-28-8-9-34(26)18-22(31-25)20-15-19-5-4-14-36-27(19)29-17-20/h6-9,15-18H,3-5,10-14H2,1-2H3,(H,30,31). The number of fused-ring (bicyclic) bond motifs is 2. The lowest BCUT2D eigenvalue weighted by Crippen LogP contribution is -2.46. The van der Waals surface area contributed by atoms with Crippen LogP contribution in [0.15, 0.2) is 49.1 Å². The van der Waals surface area contributed by atoms with Gasteiger partial charge < -0.3 is 29.0 Å². The molecule has 186 valence electrons. The number of likely N-dealkylation sites (N-methyl/N-ethyl adjacent to an activating group) is 1. The van der Waals surface area contributed by atoms with Gasteiger partial charge in [0, 0.05) is 73.8 Å². The molecule has 36 heavy (non-hydrogen) atoms.